The summed E-state index contributed by atoms with van der Waals surface area (Å²) in [5.74, 6) is 0.458. The number of ether oxygens (including phenoxy) is 1. The smallest absolute Gasteiger partial charge is 0.387 e. The molecule has 0 aromatic heterocycles. The van der Waals surface area contributed by atoms with Crippen LogP contribution >= 0.6 is 12.4 Å². The maximum atomic E-state index is 12.2. The molecule has 0 bridgehead atoms. The minimum Gasteiger partial charge on any atom is -0.435 e. The highest BCUT2D eigenvalue weighted by molar-refractivity contribution is 5.85. The lowest BCUT2D eigenvalue weighted by Crippen LogP contribution is -2.46. The minimum atomic E-state index is -2.84. The van der Waals surface area contributed by atoms with Crippen LogP contribution in [0.5, 0.6) is 5.75 Å². The maximum Gasteiger partial charge on any atom is 0.387 e. The number of amides is 1. The summed E-state index contributed by atoms with van der Waals surface area (Å²) in [7, 11) is 0. The second-order valence-corrected chi connectivity index (χ2v) is 6.01. The van der Waals surface area contributed by atoms with Crippen LogP contribution in [-0.4, -0.2) is 25.1 Å². The van der Waals surface area contributed by atoms with Crippen LogP contribution in [0.15, 0.2) is 24.3 Å². The summed E-state index contributed by atoms with van der Waals surface area (Å²) < 4.78 is 28.5. The zero-order valence-corrected chi connectivity index (χ0v) is 14.4. The normalized spacial score (nSPS) is 16.3. The molecule has 24 heavy (non-hydrogen) atoms. The number of alkyl halides is 2. The van der Waals surface area contributed by atoms with E-state index in [0.29, 0.717) is 12.5 Å². The van der Waals surface area contributed by atoms with Gasteiger partial charge in [-0.15, -0.1) is 12.4 Å². The van der Waals surface area contributed by atoms with Crippen LogP contribution in [-0.2, 0) is 11.2 Å². The first-order chi connectivity index (χ1) is 11.1. The predicted octanol–water partition coefficient (Wildman–Crippen LogP) is 3.28. The molecule has 4 nitrogen and oxygen atoms in total. The largest absolute Gasteiger partial charge is 0.435 e. The van der Waals surface area contributed by atoms with Crippen LogP contribution in [0.1, 0.15) is 37.7 Å². The molecule has 2 rings (SSSR count). The van der Waals surface area contributed by atoms with Gasteiger partial charge in [-0.2, -0.15) is 8.78 Å². The Morgan fingerprint density at radius 1 is 1.21 bits per heavy atom. The predicted molar refractivity (Wildman–Crippen MR) is 91.6 cm³/mol. The Labute approximate surface area is 147 Å². The first-order valence-corrected chi connectivity index (χ1v) is 8.11. The molecule has 1 fully saturated rings. The summed E-state index contributed by atoms with van der Waals surface area (Å²) in [5.41, 5.74) is 6.56. The Morgan fingerprint density at radius 3 is 2.38 bits per heavy atom. The molecule has 0 aliphatic heterocycles. The van der Waals surface area contributed by atoms with Gasteiger partial charge in [0, 0.05) is 12.6 Å². The van der Waals surface area contributed by atoms with Crippen molar-refractivity contribution in [2.75, 3.05) is 6.54 Å². The van der Waals surface area contributed by atoms with E-state index in [0.717, 1.165) is 18.4 Å². The standard InChI is InChI=1S/C17H24F2N2O2.ClH/c18-17(19)23-14-8-6-12(7-9-14)10-16(22)21-15(11-20)13-4-2-1-3-5-13;/h6-9,13,15,17H,1-5,10-11,20H2,(H,21,22);1H. The van der Waals surface area contributed by atoms with Crippen LogP contribution < -0.4 is 15.8 Å². The summed E-state index contributed by atoms with van der Waals surface area (Å²) in [6.45, 7) is -2.40. The maximum absolute atomic E-state index is 12.2. The van der Waals surface area contributed by atoms with Crippen molar-refractivity contribution in [1.29, 1.82) is 0 Å². The van der Waals surface area contributed by atoms with Crippen molar-refractivity contribution in [3.63, 3.8) is 0 Å². The van der Waals surface area contributed by atoms with E-state index in [1.807, 2.05) is 0 Å². The molecule has 1 amide bonds. The third kappa shape index (κ3) is 6.61. The van der Waals surface area contributed by atoms with Crippen molar-refractivity contribution in [2.45, 2.75) is 51.2 Å². The molecule has 1 aliphatic rings. The van der Waals surface area contributed by atoms with Crippen molar-refractivity contribution in [1.82, 2.24) is 5.32 Å². The van der Waals surface area contributed by atoms with Crippen LogP contribution in [0.4, 0.5) is 8.78 Å². The monoisotopic (exact) mass is 362 g/mol. The summed E-state index contributed by atoms with van der Waals surface area (Å²) >= 11 is 0. The molecule has 0 heterocycles. The second-order valence-electron chi connectivity index (χ2n) is 6.01. The fraction of sp³-hybridized carbons (Fsp3) is 0.588. The van der Waals surface area contributed by atoms with Crippen molar-refractivity contribution >= 4 is 18.3 Å². The SMILES string of the molecule is Cl.NCC(NC(=O)Cc1ccc(OC(F)F)cc1)C1CCCCC1. The van der Waals surface area contributed by atoms with Crippen molar-refractivity contribution < 1.29 is 18.3 Å². The van der Waals surface area contributed by atoms with Crippen LogP contribution in [0, 0.1) is 5.92 Å². The number of carbonyl (C=O) groups is 1. The first kappa shape index (κ1) is 20.6. The van der Waals surface area contributed by atoms with Gasteiger partial charge < -0.3 is 15.8 Å². The molecule has 1 unspecified atom stereocenters. The molecular formula is C17H25ClF2N2O2. The molecule has 7 heteroatoms. The molecular weight excluding hydrogens is 338 g/mol. The molecule has 1 aromatic carbocycles. The summed E-state index contributed by atoms with van der Waals surface area (Å²) in [5, 5.41) is 3.02. The van der Waals surface area contributed by atoms with Gasteiger partial charge in [0.05, 0.1) is 6.42 Å². The molecule has 0 saturated heterocycles. The van der Waals surface area contributed by atoms with Crippen molar-refractivity contribution in [3.05, 3.63) is 29.8 Å². The first-order valence-electron chi connectivity index (χ1n) is 8.11. The second kappa shape index (κ2) is 10.5. The summed E-state index contributed by atoms with van der Waals surface area (Å²) in [4.78, 5) is 12.2. The topological polar surface area (TPSA) is 64.3 Å². The average molecular weight is 363 g/mol. The highest BCUT2D eigenvalue weighted by Crippen LogP contribution is 2.26. The van der Waals surface area contributed by atoms with Gasteiger partial charge in [0.2, 0.25) is 5.91 Å². The molecule has 1 atom stereocenters. The van der Waals surface area contributed by atoms with Gasteiger partial charge in [-0.1, -0.05) is 31.4 Å². The molecule has 1 aliphatic carbocycles. The van der Waals surface area contributed by atoms with Gasteiger partial charge in [-0.3, -0.25) is 4.79 Å². The Bertz CT molecular complexity index is 494. The molecule has 0 spiro atoms. The lowest BCUT2D eigenvalue weighted by molar-refractivity contribution is -0.121. The molecule has 136 valence electrons. The molecule has 1 aromatic rings. The Kier molecular flexibility index (Phi) is 9.00. The number of halogens is 3. The lowest BCUT2D eigenvalue weighted by atomic mass is 9.84. The van der Waals surface area contributed by atoms with Crippen molar-refractivity contribution in [2.24, 2.45) is 11.7 Å². The molecule has 0 radical (unpaired) electrons. The third-order valence-electron chi connectivity index (χ3n) is 4.33. The Balaban J connectivity index is 0.00000288. The third-order valence-corrected chi connectivity index (χ3v) is 4.33. The van der Waals surface area contributed by atoms with E-state index < -0.39 is 6.61 Å². The number of nitrogens with two attached hydrogens (primary N) is 1. The molecule has 1 saturated carbocycles. The number of rotatable bonds is 7. The Hall–Kier alpha value is -1.40. The van der Waals surface area contributed by atoms with E-state index in [2.05, 4.69) is 10.1 Å². The lowest BCUT2D eigenvalue weighted by Gasteiger charge is -2.30. The Morgan fingerprint density at radius 2 is 1.83 bits per heavy atom. The van der Waals surface area contributed by atoms with E-state index in [-0.39, 0.29) is 36.5 Å². The fourth-order valence-corrected chi connectivity index (χ4v) is 3.14. The van der Waals surface area contributed by atoms with Gasteiger partial charge >= 0.3 is 6.61 Å². The zero-order valence-electron chi connectivity index (χ0n) is 13.5. The van der Waals surface area contributed by atoms with E-state index in [1.165, 1.54) is 31.4 Å². The minimum absolute atomic E-state index is 0. The van der Waals surface area contributed by atoms with Crippen LogP contribution in [0.25, 0.3) is 0 Å². The number of hydrogen-bond donors (Lipinski definition) is 2. The van der Waals surface area contributed by atoms with Crippen molar-refractivity contribution in [3.8, 4) is 5.75 Å². The summed E-state index contributed by atoms with van der Waals surface area (Å²) in [6.07, 6.45) is 6.09. The number of benzene rings is 1. The van der Waals surface area contributed by atoms with E-state index in [1.54, 1.807) is 12.1 Å². The number of carbonyl (C=O) groups excluding carboxylic acids is 1. The van der Waals surface area contributed by atoms with E-state index in [9.17, 15) is 13.6 Å². The van der Waals surface area contributed by atoms with Crippen LogP contribution in [0.3, 0.4) is 0 Å². The van der Waals surface area contributed by atoms with Gasteiger partial charge in [-0.05, 0) is 36.5 Å². The fourth-order valence-electron chi connectivity index (χ4n) is 3.14. The van der Waals surface area contributed by atoms with E-state index in [4.69, 9.17) is 5.73 Å². The zero-order chi connectivity index (χ0) is 16.7. The van der Waals surface area contributed by atoms with Gasteiger partial charge in [0.25, 0.3) is 0 Å². The average Bonchev–Trinajstić information content (AvgIpc) is 2.55. The van der Waals surface area contributed by atoms with Crippen LogP contribution in [0.2, 0.25) is 0 Å². The quantitative estimate of drug-likeness (QED) is 0.782. The van der Waals surface area contributed by atoms with Gasteiger partial charge in [-0.25, -0.2) is 0 Å². The highest BCUT2D eigenvalue weighted by atomic mass is 35.5. The number of hydrogen-bond acceptors (Lipinski definition) is 3. The van der Waals surface area contributed by atoms with E-state index >= 15 is 0 Å². The van der Waals surface area contributed by atoms with Gasteiger partial charge in [0.1, 0.15) is 5.75 Å². The van der Waals surface area contributed by atoms with Gasteiger partial charge in [0.15, 0.2) is 0 Å². The number of nitrogens with one attached hydrogen (secondary N) is 1. The molecule has 3 N–H and O–H groups in total. The highest BCUT2D eigenvalue weighted by Gasteiger charge is 2.23. The summed E-state index contributed by atoms with van der Waals surface area (Å²) in [6, 6.07) is 6.14.